The Kier molecular flexibility index (Phi) is 10.2. The van der Waals surface area contributed by atoms with E-state index in [-0.39, 0.29) is 0 Å². The van der Waals surface area contributed by atoms with Gasteiger partial charge in [0, 0.05) is 11.9 Å². The summed E-state index contributed by atoms with van der Waals surface area (Å²) in [6.07, 6.45) is 9.61. The Balaban J connectivity index is 1.82. The van der Waals surface area contributed by atoms with Crippen molar-refractivity contribution in [3.8, 4) is 0 Å². The van der Waals surface area contributed by atoms with Crippen LogP contribution in [0.1, 0.15) is 50.5 Å². The average Bonchev–Trinajstić information content (AvgIpc) is 2.42. The van der Waals surface area contributed by atoms with Gasteiger partial charge in [-0.1, -0.05) is 78.4 Å². The van der Waals surface area contributed by atoms with E-state index >= 15 is 0 Å². The molecule has 0 unspecified atom stereocenters. The van der Waals surface area contributed by atoms with Crippen molar-refractivity contribution in [1.29, 1.82) is 0 Å². The molecule has 1 N–H and O–H groups in total. The third-order valence-electron chi connectivity index (χ3n) is 3.16. The minimum Gasteiger partial charge on any atom is -0.313 e. The van der Waals surface area contributed by atoms with Gasteiger partial charge in [-0.3, -0.25) is 0 Å². The van der Waals surface area contributed by atoms with E-state index in [0.717, 1.165) is 18.4 Å². The molecule has 1 rings (SSSR count). The van der Waals surface area contributed by atoms with Crippen LogP contribution in [0.5, 0.6) is 0 Å². The van der Waals surface area contributed by atoms with Gasteiger partial charge in [0.05, 0.1) is 0 Å². The normalized spacial score (nSPS) is 10.7. The monoisotopic (exact) mass is 311 g/mol. The predicted octanol–water partition coefficient (Wildman–Crippen LogP) is 4.90. The Bertz CT molecular complexity index is 274. The number of unbranched alkanes of at least 4 members (excludes halogenated alkanes) is 6. The Morgan fingerprint density at radius 3 is 2.06 bits per heavy atom. The first kappa shape index (κ1) is 15.7. The van der Waals surface area contributed by atoms with Crippen molar-refractivity contribution in [2.75, 3.05) is 11.9 Å². The summed E-state index contributed by atoms with van der Waals surface area (Å²) in [5.41, 5.74) is 1.38. The topological polar surface area (TPSA) is 12.0 Å². The molecule has 0 aliphatic carbocycles. The summed E-state index contributed by atoms with van der Waals surface area (Å²) >= 11 is 3.47. The Morgan fingerprint density at radius 2 is 1.39 bits per heavy atom. The average molecular weight is 312 g/mol. The number of halogens is 1. The molecule has 0 spiro atoms. The largest absolute Gasteiger partial charge is 0.313 e. The van der Waals surface area contributed by atoms with Crippen molar-refractivity contribution >= 4 is 15.9 Å². The SMILES string of the molecule is BrCCCCCCCCCNCc1ccccc1. The molecular formula is C16H26BrN. The highest BCUT2D eigenvalue weighted by atomic mass is 79.9. The summed E-state index contributed by atoms with van der Waals surface area (Å²) in [4.78, 5) is 0. The molecule has 0 fully saturated rings. The van der Waals surface area contributed by atoms with Crippen molar-refractivity contribution in [3.63, 3.8) is 0 Å². The number of alkyl halides is 1. The number of nitrogens with one attached hydrogen (secondary N) is 1. The van der Waals surface area contributed by atoms with Crippen LogP contribution in [0.2, 0.25) is 0 Å². The summed E-state index contributed by atoms with van der Waals surface area (Å²) in [7, 11) is 0. The van der Waals surface area contributed by atoms with E-state index in [1.54, 1.807) is 0 Å². The van der Waals surface area contributed by atoms with E-state index in [0.29, 0.717) is 0 Å². The quantitative estimate of drug-likeness (QED) is 0.452. The second kappa shape index (κ2) is 11.7. The molecule has 0 radical (unpaired) electrons. The molecule has 0 aromatic heterocycles. The molecule has 0 bridgehead atoms. The van der Waals surface area contributed by atoms with E-state index in [2.05, 4.69) is 51.6 Å². The predicted molar refractivity (Wildman–Crippen MR) is 84.3 cm³/mol. The van der Waals surface area contributed by atoms with Crippen molar-refractivity contribution in [2.24, 2.45) is 0 Å². The molecule has 0 heterocycles. The Labute approximate surface area is 120 Å². The van der Waals surface area contributed by atoms with Gasteiger partial charge in [-0.2, -0.15) is 0 Å². The van der Waals surface area contributed by atoms with Gasteiger partial charge in [-0.25, -0.2) is 0 Å². The van der Waals surface area contributed by atoms with Crippen LogP contribution in [0.4, 0.5) is 0 Å². The van der Waals surface area contributed by atoms with Gasteiger partial charge in [0.15, 0.2) is 0 Å². The van der Waals surface area contributed by atoms with Crippen LogP contribution in [0.25, 0.3) is 0 Å². The molecule has 1 aromatic rings. The van der Waals surface area contributed by atoms with E-state index < -0.39 is 0 Å². The van der Waals surface area contributed by atoms with Crippen LogP contribution < -0.4 is 5.32 Å². The van der Waals surface area contributed by atoms with Crippen molar-refractivity contribution in [1.82, 2.24) is 5.32 Å². The van der Waals surface area contributed by atoms with Crippen molar-refractivity contribution in [2.45, 2.75) is 51.5 Å². The summed E-state index contributed by atoms with van der Waals surface area (Å²) in [5.74, 6) is 0. The highest BCUT2D eigenvalue weighted by molar-refractivity contribution is 9.09. The summed E-state index contributed by atoms with van der Waals surface area (Å²) in [6.45, 7) is 2.16. The van der Waals surface area contributed by atoms with Gasteiger partial charge < -0.3 is 5.32 Å². The van der Waals surface area contributed by atoms with Gasteiger partial charge in [-0.05, 0) is 24.9 Å². The third-order valence-corrected chi connectivity index (χ3v) is 3.72. The summed E-state index contributed by atoms with van der Waals surface area (Å²) in [6, 6.07) is 10.6. The smallest absolute Gasteiger partial charge is 0.0205 e. The molecule has 0 amide bonds. The van der Waals surface area contributed by atoms with Crippen LogP contribution in [0.3, 0.4) is 0 Å². The minimum absolute atomic E-state index is 1.01. The Hall–Kier alpha value is -0.340. The first-order chi connectivity index (χ1) is 8.93. The fraction of sp³-hybridized carbons (Fsp3) is 0.625. The lowest BCUT2D eigenvalue weighted by atomic mass is 10.1. The highest BCUT2D eigenvalue weighted by Crippen LogP contribution is 2.07. The molecule has 0 saturated carbocycles. The van der Waals surface area contributed by atoms with Crippen LogP contribution in [0, 0.1) is 0 Å². The fourth-order valence-electron chi connectivity index (χ4n) is 2.06. The molecule has 18 heavy (non-hydrogen) atoms. The maximum Gasteiger partial charge on any atom is 0.0205 e. The van der Waals surface area contributed by atoms with Crippen LogP contribution in [-0.2, 0) is 6.54 Å². The second-order valence-electron chi connectivity index (χ2n) is 4.83. The minimum atomic E-state index is 1.01. The molecule has 0 aliphatic rings. The van der Waals surface area contributed by atoms with E-state index in [4.69, 9.17) is 0 Å². The molecule has 2 heteroatoms. The lowest BCUT2D eigenvalue weighted by Crippen LogP contribution is -2.14. The van der Waals surface area contributed by atoms with Gasteiger partial charge in [0.1, 0.15) is 0 Å². The lowest BCUT2D eigenvalue weighted by Gasteiger charge is -2.05. The van der Waals surface area contributed by atoms with E-state index in [1.807, 2.05) is 0 Å². The molecule has 1 aromatic carbocycles. The van der Waals surface area contributed by atoms with Gasteiger partial charge >= 0.3 is 0 Å². The number of benzene rings is 1. The maximum absolute atomic E-state index is 3.51. The molecule has 0 atom stereocenters. The molecule has 102 valence electrons. The van der Waals surface area contributed by atoms with Crippen molar-refractivity contribution in [3.05, 3.63) is 35.9 Å². The number of hydrogen-bond acceptors (Lipinski definition) is 1. The first-order valence-electron chi connectivity index (χ1n) is 7.24. The zero-order valence-electron chi connectivity index (χ0n) is 11.3. The van der Waals surface area contributed by atoms with Crippen LogP contribution in [0.15, 0.2) is 30.3 Å². The summed E-state index contributed by atoms with van der Waals surface area (Å²) < 4.78 is 0. The van der Waals surface area contributed by atoms with Gasteiger partial charge in [0.25, 0.3) is 0 Å². The number of rotatable bonds is 11. The standard InChI is InChI=1S/C16H26BrN/c17-13-9-4-2-1-3-5-10-14-18-15-16-11-7-6-8-12-16/h6-8,11-12,18H,1-5,9-10,13-15H2. The van der Waals surface area contributed by atoms with Crippen LogP contribution >= 0.6 is 15.9 Å². The summed E-state index contributed by atoms with van der Waals surface area (Å²) in [5, 5.41) is 4.67. The fourth-order valence-corrected chi connectivity index (χ4v) is 2.45. The molecule has 0 aliphatic heterocycles. The zero-order chi connectivity index (χ0) is 12.9. The van der Waals surface area contributed by atoms with E-state index in [1.165, 1.54) is 50.5 Å². The second-order valence-corrected chi connectivity index (χ2v) is 5.62. The molecule has 0 saturated heterocycles. The maximum atomic E-state index is 3.51. The Morgan fingerprint density at radius 1 is 0.778 bits per heavy atom. The van der Waals surface area contributed by atoms with E-state index in [9.17, 15) is 0 Å². The van der Waals surface area contributed by atoms with Gasteiger partial charge in [-0.15, -0.1) is 0 Å². The van der Waals surface area contributed by atoms with Gasteiger partial charge in [0.2, 0.25) is 0 Å². The zero-order valence-corrected chi connectivity index (χ0v) is 12.9. The highest BCUT2D eigenvalue weighted by Gasteiger charge is 1.93. The first-order valence-corrected chi connectivity index (χ1v) is 8.36. The third kappa shape index (κ3) is 8.71. The molecule has 1 nitrogen and oxygen atoms in total. The van der Waals surface area contributed by atoms with Crippen molar-refractivity contribution < 1.29 is 0 Å². The molecular weight excluding hydrogens is 286 g/mol. The number of hydrogen-bond donors (Lipinski definition) is 1. The lowest BCUT2D eigenvalue weighted by molar-refractivity contribution is 0.563. The van der Waals surface area contributed by atoms with Crippen LogP contribution in [-0.4, -0.2) is 11.9 Å².